The number of ether oxygens (including phenoxy) is 1. The summed E-state index contributed by atoms with van der Waals surface area (Å²) >= 11 is 0. The molecule has 3 aromatic rings. The Morgan fingerprint density at radius 1 is 1.36 bits per heavy atom. The summed E-state index contributed by atoms with van der Waals surface area (Å²) in [6, 6.07) is 3.92. The van der Waals surface area contributed by atoms with Crippen LogP contribution in [0.4, 0.5) is 0 Å². The highest BCUT2D eigenvalue weighted by atomic mass is 16.5. The van der Waals surface area contributed by atoms with Gasteiger partial charge in [0.2, 0.25) is 0 Å². The molecule has 1 saturated heterocycles. The van der Waals surface area contributed by atoms with Gasteiger partial charge in [0.15, 0.2) is 17.7 Å². The molecule has 25 heavy (non-hydrogen) atoms. The van der Waals surface area contributed by atoms with Crippen molar-refractivity contribution in [2.24, 2.45) is 5.92 Å². The number of carbonyl (C=O) groups is 1. The van der Waals surface area contributed by atoms with Crippen molar-refractivity contribution in [3.63, 3.8) is 0 Å². The molecule has 130 valence electrons. The van der Waals surface area contributed by atoms with Gasteiger partial charge in [0.1, 0.15) is 5.76 Å². The van der Waals surface area contributed by atoms with Crippen molar-refractivity contribution < 1.29 is 13.9 Å². The Balaban J connectivity index is 1.49. The van der Waals surface area contributed by atoms with E-state index in [-0.39, 0.29) is 11.8 Å². The molecule has 0 bridgehead atoms. The first kappa shape index (κ1) is 15.8. The zero-order valence-corrected chi connectivity index (χ0v) is 14.0. The first-order chi connectivity index (χ1) is 12.2. The third-order valence-corrected chi connectivity index (χ3v) is 4.38. The number of hydrogen-bond acceptors (Lipinski definition) is 6. The molecule has 8 heteroatoms. The van der Waals surface area contributed by atoms with Crippen molar-refractivity contribution in [1.29, 1.82) is 0 Å². The number of nitrogens with zero attached hydrogens (tertiary/aromatic N) is 5. The Labute approximate surface area is 144 Å². The zero-order valence-electron chi connectivity index (χ0n) is 14.0. The van der Waals surface area contributed by atoms with E-state index in [9.17, 15) is 4.79 Å². The maximum atomic E-state index is 12.7. The van der Waals surface area contributed by atoms with Gasteiger partial charge in [-0.2, -0.15) is 5.10 Å². The molecule has 4 rings (SSSR count). The molecule has 1 atom stereocenters. The van der Waals surface area contributed by atoms with Crippen LogP contribution < -0.4 is 0 Å². The van der Waals surface area contributed by atoms with Gasteiger partial charge in [-0.25, -0.2) is 14.5 Å². The van der Waals surface area contributed by atoms with E-state index in [1.54, 1.807) is 22.5 Å². The Hall–Kier alpha value is -2.74. The highest BCUT2D eigenvalue weighted by Gasteiger charge is 2.26. The van der Waals surface area contributed by atoms with Crippen LogP contribution in [0.25, 0.3) is 5.65 Å². The number of imidazole rings is 1. The molecule has 0 N–H and O–H groups in total. The van der Waals surface area contributed by atoms with Crippen molar-refractivity contribution in [1.82, 2.24) is 24.5 Å². The second kappa shape index (κ2) is 6.64. The third kappa shape index (κ3) is 3.25. The van der Waals surface area contributed by atoms with E-state index < -0.39 is 0 Å². The first-order valence-corrected chi connectivity index (χ1v) is 8.27. The van der Waals surface area contributed by atoms with E-state index >= 15 is 0 Å². The number of fused-ring (bicyclic) bond motifs is 1. The van der Waals surface area contributed by atoms with Gasteiger partial charge in [-0.1, -0.05) is 0 Å². The average Bonchev–Trinajstić information content (AvgIpc) is 3.18. The Morgan fingerprint density at radius 3 is 3.12 bits per heavy atom. The van der Waals surface area contributed by atoms with Crippen molar-refractivity contribution in [3.05, 3.63) is 48.1 Å². The lowest BCUT2D eigenvalue weighted by molar-refractivity contribution is 0.0730. The summed E-state index contributed by atoms with van der Waals surface area (Å²) in [5, 5.41) is 4.56. The second-order valence-corrected chi connectivity index (χ2v) is 6.21. The van der Waals surface area contributed by atoms with Gasteiger partial charge in [0.25, 0.3) is 5.91 Å². The summed E-state index contributed by atoms with van der Waals surface area (Å²) in [7, 11) is 0. The molecule has 0 aromatic carbocycles. The van der Waals surface area contributed by atoms with Crippen LogP contribution in [0, 0.1) is 12.8 Å². The summed E-state index contributed by atoms with van der Waals surface area (Å²) in [6.07, 6.45) is 5.58. The monoisotopic (exact) mass is 341 g/mol. The van der Waals surface area contributed by atoms with Crippen LogP contribution in [0.3, 0.4) is 0 Å². The lowest BCUT2D eigenvalue weighted by Crippen LogP contribution is -2.37. The number of aromatic nitrogens is 4. The van der Waals surface area contributed by atoms with Crippen molar-refractivity contribution in [2.45, 2.75) is 13.3 Å². The maximum Gasteiger partial charge on any atom is 0.276 e. The van der Waals surface area contributed by atoms with E-state index in [4.69, 9.17) is 9.15 Å². The summed E-state index contributed by atoms with van der Waals surface area (Å²) in [5.74, 6) is 0.603. The largest absolute Gasteiger partial charge is 0.448 e. The van der Waals surface area contributed by atoms with Gasteiger partial charge < -0.3 is 14.1 Å². The van der Waals surface area contributed by atoms with Gasteiger partial charge >= 0.3 is 0 Å². The van der Waals surface area contributed by atoms with E-state index in [0.717, 1.165) is 17.8 Å². The van der Waals surface area contributed by atoms with Gasteiger partial charge in [-0.15, -0.1) is 0 Å². The van der Waals surface area contributed by atoms with Crippen LogP contribution in [0.5, 0.6) is 0 Å². The number of carbonyl (C=O) groups excluding carboxylic acids is 1. The minimum Gasteiger partial charge on any atom is -0.448 e. The van der Waals surface area contributed by atoms with Gasteiger partial charge in [0, 0.05) is 31.4 Å². The van der Waals surface area contributed by atoms with Crippen molar-refractivity contribution >= 4 is 11.6 Å². The van der Waals surface area contributed by atoms with Gasteiger partial charge in [-0.05, 0) is 25.5 Å². The fourth-order valence-electron chi connectivity index (χ4n) is 3.11. The van der Waals surface area contributed by atoms with Crippen LogP contribution >= 0.6 is 0 Å². The molecule has 1 fully saturated rings. The number of oxazole rings is 1. The minimum absolute atomic E-state index is 0.111. The van der Waals surface area contributed by atoms with Gasteiger partial charge in [-0.3, -0.25) is 4.79 Å². The first-order valence-electron chi connectivity index (χ1n) is 8.27. The van der Waals surface area contributed by atoms with Crippen molar-refractivity contribution in [2.75, 3.05) is 26.3 Å². The second-order valence-electron chi connectivity index (χ2n) is 6.21. The van der Waals surface area contributed by atoms with Crippen molar-refractivity contribution in [3.8, 4) is 0 Å². The average molecular weight is 341 g/mol. The lowest BCUT2D eigenvalue weighted by atomic mass is 10.0. The van der Waals surface area contributed by atoms with Crippen LogP contribution in [0.2, 0.25) is 0 Å². The quantitative estimate of drug-likeness (QED) is 0.715. The fraction of sp³-hybridized carbons (Fsp3) is 0.412. The number of amides is 1. The van der Waals surface area contributed by atoms with E-state index in [1.165, 1.54) is 6.39 Å². The van der Waals surface area contributed by atoms with E-state index in [1.807, 2.05) is 18.3 Å². The molecule has 1 aliphatic heterocycles. The molecule has 0 unspecified atom stereocenters. The summed E-state index contributed by atoms with van der Waals surface area (Å²) in [5.41, 5.74) is 2.14. The topological polar surface area (TPSA) is 85.8 Å². The molecule has 8 nitrogen and oxygen atoms in total. The number of hydrogen-bond donors (Lipinski definition) is 0. The Kier molecular flexibility index (Phi) is 4.19. The van der Waals surface area contributed by atoms with Crippen LogP contribution in [-0.4, -0.2) is 56.7 Å². The van der Waals surface area contributed by atoms with Crippen LogP contribution in [-0.2, 0) is 11.2 Å². The Morgan fingerprint density at radius 2 is 2.28 bits per heavy atom. The van der Waals surface area contributed by atoms with E-state index in [2.05, 4.69) is 15.1 Å². The maximum absolute atomic E-state index is 12.7. The molecule has 1 amide bonds. The third-order valence-electron chi connectivity index (χ3n) is 4.38. The number of rotatable bonds is 3. The molecule has 4 heterocycles. The molecular formula is C17H19N5O3. The zero-order chi connectivity index (χ0) is 17.2. The SMILES string of the molecule is Cc1ocnc1C(=O)N1CCOC[C@@H](Cc2ccc3nccn3n2)C1. The standard InChI is InChI=1S/C17H19N5O3/c1-12-16(19-11-25-12)17(23)21-6-7-24-10-13(9-21)8-14-2-3-15-18-4-5-22(15)20-14/h2-5,11,13H,6-10H2,1H3/t13-/m0/s1. The lowest BCUT2D eigenvalue weighted by Gasteiger charge is -2.22. The normalized spacial score (nSPS) is 18.4. The molecule has 0 radical (unpaired) electrons. The molecule has 0 aliphatic carbocycles. The van der Waals surface area contributed by atoms with E-state index in [0.29, 0.717) is 37.8 Å². The van der Waals surface area contributed by atoms with Gasteiger partial charge in [0.05, 0.1) is 18.9 Å². The predicted molar refractivity (Wildman–Crippen MR) is 88.1 cm³/mol. The predicted octanol–water partition coefficient (Wildman–Crippen LogP) is 1.36. The molecule has 1 aliphatic rings. The number of aryl methyl sites for hydroxylation is 1. The molecule has 0 spiro atoms. The summed E-state index contributed by atoms with van der Waals surface area (Å²) in [6.45, 7) is 4.03. The minimum atomic E-state index is -0.111. The highest BCUT2D eigenvalue weighted by molar-refractivity contribution is 5.93. The molecular weight excluding hydrogens is 322 g/mol. The highest BCUT2D eigenvalue weighted by Crippen LogP contribution is 2.16. The fourth-order valence-corrected chi connectivity index (χ4v) is 3.11. The Bertz CT molecular complexity index is 887. The molecule has 3 aromatic heterocycles. The smallest absolute Gasteiger partial charge is 0.276 e. The van der Waals surface area contributed by atoms with Crippen LogP contribution in [0.15, 0.2) is 35.3 Å². The van der Waals surface area contributed by atoms with Crippen LogP contribution in [0.1, 0.15) is 21.9 Å². The summed E-state index contributed by atoms with van der Waals surface area (Å²) in [4.78, 5) is 22.7. The molecule has 0 saturated carbocycles. The summed E-state index contributed by atoms with van der Waals surface area (Å²) < 4.78 is 12.6.